The smallest absolute Gasteiger partial charge is 0.325 e. The highest BCUT2D eigenvalue weighted by Gasteiger charge is 2.29. The zero-order valence-corrected chi connectivity index (χ0v) is 12.1. The Morgan fingerprint density at radius 2 is 2.05 bits per heavy atom. The van der Waals surface area contributed by atoms with Crippen LogP contribution < -0.4 is 15.2 Å². The molecule has 0 radical (unpaired) electrons. The SMILES string of the molecule is COC(=O)C(C)(N)CCOc1cc([N+](=O)[O-])ccc1OC. The molecule has 0 aromatic heterocycles. The molecule has 0 bridgehead atoms. The van der Waals surface area contributed by atoms with Crippen LogP contribution in [0.15, 0.2) is 18.2 Å². The second kappa shape index (κ2) is 6.89. The number of rotatable bonds is 7. The van der Waals surface area contributed by atoms with Gasteiger partial charge in [0.2, 0.25) is 0 Å². The van der Waals surface area contributed by atoms with E-state index in [1.165, 1.54) is 39.3 Å². The van der Waals surface area contributed by atoms with Crippen molar-refractivity contribution in [1.82, 2.24) is 0 Å². The molecule has 0 saturated carbocycles. The number of nitrogens with zero attached hydrogens (tertiary/aromatic N) is 1. The maximum absolute atomic E-state index is 11.4. The lowest BCUT2D eigenvalue weighted by Crippen LogP contribution is -2.46. The first-order valence-electron chi connectivity index (χ1n) is 6.14. The van der Waals surface area contributed by atoms with Crippen LogP contribution in [0.4, 0.5) is 5.69 Å². The number of benzene rings is 1. The number of carbonyl (C=O) groups is 1. The quantitative estimate of drug-likeness (QED) is 0.458. The number of non-ortho nitro benzene ring substituents is 1. The zero-order chi connectivity index (χ0) is 16.0. The summed E-state index contributed by atoms with van der Waals surface area (Å²) < 4.78 is 15.1. The molecule has 0 heterocycles. The molecule has 1 unspecified atom stereocenters. The van der Waals surface area contributed by atoms with E-state index in [9.17, 15) is 14.9 Å². The van der Waals surface area contributed by atoms with Crippen molar-refractivity contribution in [2.75, 3.05) is 20.8 Å². The van der Waals surface area contributed by atoms with Crippen LogP contribution in [0.3, 0.4) is 0 Å². The van der Waals surface area contributed by atoms with Gasteiger partial charge in [-0.3, -0.25) is 14.9 Å². The Balaban J connectivity index is 2.76. The third-order valence-corrected chi connectivity index (χ3v) is 2.89. The Bertz CT molecular complexity index is 529. The third-order valence-electron chi connectivity index (χ3n) is 2.89. The van der Waals surface area contributed by atoms with Crippen molar-refractivity contribution in [3.63, 3.8) is 0 Å². The van der Waals surface area contributed by atoms with Gasteiger partial charge in [-0.15, -0.1) is 0 Å². The van der Waals surface area contributed by atoms with Crippen LogP contribution in [0.5, 0.6) is 11.5 Å². The number of ether oxygens (including phenoxy) is 3. The lowest BCUT2D eigenvalue weighted by Gasteiger charge is -2.21. The summed E-state index contributed by atoms with van der Waals surface area (Å²) in [6.07, 6.45) is 0.186. The fourth-order valence-corrected chi connectivity index (χ4v) is 1.60. The van der Waals surface area contributed by atoms with Gasteiger partial charge < -0.3 is 19.9 Å². The second-order valence-electron chi connectivity index (χ2n) is 4.60. The minimum absolute atomic E-state index is 0.0830. The van der Waals surface area contributed by atoms with Crippen molar-refractivity contribution < 1.29 is 23.9 Å². The molecule has 21 heavy (non-hydrogen) atoms. The van der Waals surface area contributed by atoms with Crippen LogP contribution in [0.25, 0.3) is 0 Å². The molecule has 0 aliphatic rings. The van der Waals surface area contributed by atoms with Gasteiger partial charge in [0, 0.05) is 12.5 Å². The van der Waals surface area contributed by atoms with E-state index in [0.717, 1.165) is 0 Å². The number of nitro groups is 1. The first kappa shape index (κ1) is 16.7. The fourth-order valence-electron chi connectivity index (χ4n) is 1.60. The van der Waals surface area contributed by atoms with Crippen LogP contribution in [-0.4, -0.2) is 37.3 Å². The highest BCUT2D eigenvalue weighted by molar-refractivity contribution is 5.79. The van der Waals surface area contributed by atoms with Gasteiger partial charge >= 0.3 is 5.97 Å². The summed E-state index contributed by atoms with van der Waals surface area (Å²) in [5, 5.41) is 10.7. The molecule has 116 valence electrons. The van der Waals surface area contributed by atoms with E-state index < -0.39 is 16.4 Å². The second-order valence-corrected chi connectivity index (χ2v) is 4.60. The Labute approximate surface area is 121 Å². The molecule has 1 atom stereocenters. The number of methoxy groups -OCH3 is 2. The molecule has 1 aromatic carbocycles. The van der Waals surface area contributed by atoms with Crippen molar-refractivity contribution in [2.45, 2.75) is 18.9 Å². The third kappa shape index (κ3) is 4.32. The van der Waals surface area contributed by atoms with Gasteiger partial charge in [0.05, 0.1) is 31.8 Å². The Hall–Kier alpha value is -2.35. The van der Waals surface area contributed by atoms with E-state index in [1.54, 1.807) is 0 Å². The summed E-state index contributed by atoms with van der Waals surface area (Å²) in [5.41, 5.74) is 4.48. The van der Waals surface area contributed by atoms with Crippen LogP contribution in [0.2, 0.25) is 0 Å². The van der Waals surface area contributed by atoms with Crippen molar-refractivity contribution >= 4 is 11.7 Å². The number of nitro benzene ring substituents is 1. The summed E-state index contributed by atoms with van der Waals surface area (Å²) in [6.45, 7) is 1.60. The lowest BCUT2D eigenvalue weighted by molar-refractivity contribution is -0.385. The zero-order valence-electron chi connectivity index (χ0n) is 12.1. The van der Waals surface area contributed by atoms with Crippen molar-refractivity contribution in [3.8, 4) is 11.5 Å². The fraction of sp³-hybridized carbons (Fsp3) is 0.462. The minimum atomic E-state index is -1.19. The number of carbonyl (C=O) groups excluding carboxylic acids is 1. The summed E-state index contributed by atoms with van der Waals surface area (Å²) in [5.74, 6) is 0.0156. The van der Waals surface area contributed by atoms with Crippen molar-refractivity contribution in [3.05, 3.63) is 28.3 Å². The molecule has 0 saturated heterocycles. The molecular formula is C13H18N2O6. The number of nitrogens with two attached hydrogens (primary N) is 1. The van der Waals surface area contributed by atoms with E-state index in [-0.39, 0.29) is 24.5 Å². The standard InChI is InChI=1S/C13H18N2O6/c1-13(14,12(16)20-3)6-7-21-11-8-9(15(17)18)4-5-10(11)19-2/h4-5,8H,6-7,14H2,1-3H3. The minimum Gasteiger partial charge on any atom is -0.493 e. The molecule has 8 nitrogen and oxygen atoms in total. The number of esters is 1. The maximum atomic E-state index is 11.4. The summed E-state index contributed by atoms with van der Waals surface area (Å²) >= 11 is 0. The topological polar surface area (TPSA) is 114 Å². The number of hydrogen-bond acceptors (Lipinski definition) is 7. The van der Waals surface area contributed by atoms with Crippen LogP contribution in [0.1, 0.15) is 13.3 Å². The average Bonchev–Trinajstić information content (AvgIpc) is 2.45. The van der Waals surface area contributed by atoms with Gasteiger partial charge in [-0.05, 0) is 13.0 Å². The highest BCUT2D eigenvalue weighted by atomic mass is 16.6. The van der Waals surface area contributed by atoms with Crippen LogP contribution in [0, 0.1) is 10.1 Å². The van der Waals surface area contributed by atoms with Gasteiger partial charge in [0.15, 0.2) is 11.5 Å². The predicted octanol–water partition coefficient (Wildman–Crippen LogP) is 1.26. The van der Waals surface area contributed by atoms with Gasteiger partial charge in [0.25, 0.3) is 5.69 Å². The molecule has 8 heteroatoms. The van der Waals surface area contributed by atoms with E-state index in [2.05, 4.69) is 4.74 Å². The van der Waals surface area contributed by atoms with Gasteiger partial charge in [0.1, 0.15) is 5.54 Å². The van der Waals surface area contributed by atoms with E-state index in [4.69, 9.17) is 15.2 Å². The van der Waals surface area contributed by atoms with Gasteiger partial charge in [-0.1, -0.05) is 0 Å². The Kier molecular flexibility index (Phi) is 5.48. The molecule has 1 rings (SSSR count). The molecule has 1 aromatic rings. The highest BCUT2D eigenvalue weighted by Crippen LogP contribution is 2.31. The van der Waals surface area contributed by atoms with Crippen LogP contribution >= 0.6 is 0 Å². The monoisotopic (exact) mass is 298 g/mol. The normalized spacial score (nSPS) is 13.1. The predicted molar refractivity (Wildman–Crippen MR) is 74.4 cm³/mol. The molecule has 0 amide bonds. The van der Waals surface area contributed by atoms with Gasteiger partial charge in [-0.25, -0.2) is 0 Å². The lowest BCUT2D eigenvalue weighted by atomic mass is 10.0. The summed E-state index contributed by atoms with van der Waals surface area (Å²) in [4.78, 5) is 21.6. The van der Waals surface area contributed by atoms with E-state index in [0.29, 0.717) is 5.75 Å². The van der Waals surface area contributed by atoms with Crippen LogP contribution in [-0.2, 0) is 9.53 Å². The molecule has 2 N–H and O–H groups in total. The average molecular weight is 298 g/mol. The maximum Gasteiger partial charge on any atom is 0.325 e. The van der Waals surface area contributed by atoms with E-state index >= 15 is 0 Å². The van der Waals surface area contributed by atoms with Gasteiger partial charge in [-0.2, -0.15) is 0 Å². The first-order valence-corrected chi connectivity index (χ1v) is 6.14. The van der Waals surface area contributed by atoms with Crippen molar-refractivity contribution in [1.29, 1.82) is 0 Å². The number of hydrogen-bond donors (Lipinski definition) is 1. The van der Waals surface area contributed by atoms with Crippen molar-refractivity contribution in [2.24, 2.45) is 5.73 Å². The van der Waals surface area contributed by atoms with E-state index in [1.807, 2.05) is 0 Å². The Morgan fingerprint density at radius 1 is 1.38 bits per heavy atom. The summed E-state index contributed by atoms with van der Waals surface area (Å²) in [6, 6.07) is 4.01. The molecule has 0 aliphatic carbocycles. The molecular weight excluding hydrogens is 280 g/mol. The molecule has 0 fully saturated rings. The summed E-state index contributed by atoms with van der Waals surface area (Å²) in [7, 11) is 2.67. The molecule has 0 spiro atoms. The largest absolute Gasteiger partial charge is 0.493 e. The molecule has 0 aliphatic heterocycles. The Morgan fingerprint density at radius 3 is 2.57 bits per heavy atom. The first-order chi connectivity index (χ1) is 9.81.